The van der Waals surface area contributed by atoms with E-state index in [2.05, 4.69) is 46.8 Å². The number of carboxylic acids is 1. The third-order valence-electron chi connectivity index (χ3n) is 8.85. The minimum atomic E-state index is -1.09. The lowest BCUT2D eigenvalue weighted by atomic mass is 9.43. The van der Waals surface area contributed by atoms with Gasteiger partial charge < -0.3 is 9.84 Å². The number of hydrogen-bond donors (Lipinski definition) is 1. The second kappa shape index (κ2) is 6.33. The summed E-state index contributed by atoms with van der Waals surface area (Å²) in [5, 5.41) is 21.4. The van der Waals surface area contributed by atoms with Gasteiger partial charge in [0.1, 0.15) is 5.41 Å². The highest BCUT2D eigenvalue weighted by atomic mass is 16.5. The number of aliphatic carboxylic acids is 1. The number of carboxylic acid groups (broad SMARTS) is 1. The highest BCUT2D eigenvalue weighted by Crippen LogP contribution is 2.83. The van der Waals surface area contributed by atoms with Crippen LogP contribution in [0.1, 0.15) is 60.3 Å². The zero-order valence-electron chi connectivity index (χ0n) is 18.0. The third-order valence-corrected chi connectivity index (χ3v) is 8.85. The normalized spacial score (nSPS) is 46.0. The monoisotopic (exact) mass is 385 g/mol. The first-order valence-electron chi connectivity index (χ1n) is 11.1. The topological polar surface area (TPSA) is 70.3 Å². The Bertz CT molecular complexity index is 749. The summed E-state index contributed by atoms with van der Waals surface area (Å²) in [6, 6.07) is 2.69. The molecule has 3 saturated carbocycles. The van der Waals surface area contributed by atoms with E-state index < -0.39 is 22.2 Å². The number of nitrogens with zero attached hydrogens (tertiary/aromatic N) is 1. The molecule has 0 heterocycles. The first kappa shape index (κ1) is 20.0. The smallest absolute Gasteiger partial charge is 0.316 e. The molecule has 28 heavy (non-hydrogen) atoms. The first-order chi connectivity index (χ1) is 13.2. The zero-order valence-corrected chi connectivity index (χ0v) is 18.0. The molecule has 7 atom stereocenters. The van der Waals surface area contributed by atoms with Gasteiger partial charge in [-0.3, -0.25) is 4.79 Å². The van der Waals surface area contributed by atoms with Gasteiger partial charge in [0.15, 0.2) is 0 Å². The Labute approximate surface area is 169 Å². The van der Waals surface area contributed by atoms with Crippen LogP contribution in [0.3, 0.4) is 0 Å². The Hall–Kier alpha value is -1.34. The number of carbonyl (C=O) groups is 1. The minimum absolute atomic E-state index is 0.133. The highest BCUT2D eigenvalue weighted by molar-refractivity contribution is 5.85. The fourth-order valence-electron chi connectivity index (χ4n) is 8.02. The summed E-state index contributed by atoms with van der Waals surface area (Å²) in [6.07, 6.45) is 5.95. The number of hydrogen-bond acceptors (Lipinski definition) is 3. The molecule has 4 heteroatoms. The van der Waals surface area contributed by atoms with Crippen molar-refractivity contribution in [1.29, 1.82) is 5.26 Å². The van der Waals surface area contributed by atoms with Crippen molar-refractivity contribution in [2.24, 2.45) is 51.8 Å². The Kier molecular flexibility index (Phi) is 4.51. The summed E-state index contributed by atoms with van der Waals surface area (Å²) >= 11 is 0. The fraction of sp³-hybridized carbons (Fsp3) is 0.833. The number of fused-ring (bicyclic) bond motifs is 2. The molecule has 4 rings (SSSR count). The van der Waals surface area contributed by atoms with Crippen LogP contribution in [0.4, 0.5) is 0 Å². The van der Waals surface area contributed by atoms with Gasteiger partial charge in [0.25, 0.3) is 0 Å². The van der Waals surface area contributed by atoms with E-state index in [1.807, 2.05) is 0 Å². The Morgan fingerprint density at radius 1 is 1.32 bits per heavy atom. The molecule has 0 amide bonds. The van der Waals surface area contributed by atoms with Crippen molar-refractivity contribution in [2.75, 3.05) is 13.2 Å². The molecule has 0 aromatic rings. The molecular formula is C24H35NO3. The van der Waals surface area contributed by atoms with Gasteiger partial charge in [-0.05, 0) is 54.8 Å². The molecule has 4 aliphatic carbocycles. The second-order valence-corrected chi connectivity index (χ2v) is 10.8. The van der Waals surface area contributed by atoms with Crippen LogP contribution >= 0.6 is 0 Å². The van der Waals surface area contributed by atoms with Crippen molar-refractivity contribution in [3.8, 4) is 6.07 Å². The quantitative estimate of drug-likeness (QED) is 0.660. The molecule has 4 nitrogen and oxygen atoms in total. The molecule has 154 valence electrons. The average Bonchev–Trinajstić information content (AvgIpc) is 3.18. The van der Waals surface area contributed by atoms with Crippen LogP contribution in [-0.2, 0) is 9.53 Å². The van der Waals surface area contributed by atoms with Gasteiger partial charge in [0.05, 0.1) is 18.1 Å². The largest absolute Gasteiger partial charge is 0.481 e. The van der Waals surface area contributed by atoms with Crippen molar-refractivity contribution in [2.45, 2.75) is 60.3 Å². The number of nitriles is 1. The van der Waals surface area contributed by atoms with E-state index in [9.17, 15) is 15.2 Å². The molecule has 4 aliphatic rings. The summed E-state index contributed by atoms with van der Waals surface area (Å²) < 4.78 is 6.21. The lowest BCUT2D eigenvalue weighted by Gasteiger charge is -2.57. The van der Waals surface area contributed by atoms with Crippen molar-refractivity contribution in [1.82, 2.24) is 0 Å². The molecule has 3 fully saturated rings. The van der Waals surface area contributed by atoms with Crippen molar-refractivity contribution in [3.63, 3.8) is 0 Å². The SMILES string of the molecule is CC(C)COC[C@@]12CC3C(C)CCC3[C@@]3(C#N)C[C@@H]1C=C(C(C)C)[C@@]23C(=O)O. The van der Waals surface area contributed by atoms with Gasteiger partial charge in [-0.25, -0.2) is 0 Å². The van der Waals surface area contributed by atoms with Gasteiger partial charge in [-0.15, -0.1) is 0 Å². The molecule has 0 spiro atoms. The summed E-state index contributed by atoms with van der Waals surface area (Å²) in [7, 11) is 0. The molecule has 0 radical (unpaired) electrons. The van der Waals surface area contributed by atoms with E-state index >= 15 is 0 Å². The van der Waals surface area contributed by atoms with E-state index in [0.29, 0.717) is 37.4 Å². The summed E-state index contributed by atoms with van der Waals surface area (Å²) in [4.78, 5) is 13.2. The van der Waals surface area contributed by atoms with E-state index in [0.717, 1.165) is 24.8 Å². The van der Waals surface area contributed by atoms with Crippen LogP contribution in [0, 0.1) is 63.1 Å². The number of rotatable bonds is 6. The Balaban J connectivity index is 1.91. The third kappa shape index (κ3) is 2.07. The standard InChI is InChI=1S/C24H35NO3/c1-14(2)11-28-13-23-10-18-16(5)6-7-19(18)22(12-25)9-17(23)8-20(15(3)4)24(22,23)21(26)27/h8,14-19H,6-7,9-11,13H2,1-5H3,(H,26,27)/t16?,17-,18?,19?,22-,23-,24-/m0/s1. The van der Waals surface area contributed by atoms with Crippen LogP contribution < -0.4 is 0 Å². The molecule has 1 N–H and O–H groups in total. The number of allylic oxidation sites excluding steroid dienone is 1. The van der Waals surface area contributed by atoms with E-state index in [1.165, 1.54) is 0 Å². The fourth-order valence-corrected chi connectivity index (χ4v) is 8.02. The first-order valence-corrected chi connectivity index (χ1v) is 11.1. The molecule has 0 aromatic heterocycles. The summed E-state index contributed by atoms with van der Waals surface area (Å²) in [5.41, 5.74) is -1.34. The van der Waals surface area contributed by atoms with E-state index in [-0.39, 0.29) is 17.8 Å². The Morgan fingerprint density at radius 3 is 2.61 bits per heavy atom. The minimum Gasteiger partial charge on any atom is -0.481 e. The molecule has 3 unspecified atom stereocenters. The zero-order chi connectivity index (χ0) is 20.5. The van der Waals surface area contributed by atoms with Crippen molar-refractivity contribution < 1.29 is 14.6 Å². The molecule has 0 aromatic carbocycles. The molecule has 0 aliphatic heterocycles. The van der Waals surface area contributed by atoms with Gasteiger partial charge in [0, 0.05) is 12.0 Å². The van der Waals surface area contributed by atoms with Gasteiger partial charge in [-0.2, -0.15) is 5.26 Å². The van der Waals surface area contributed by atoms with E-state index in [1.54, 1.807) is 0 Å². The van der Waals surface area contributed by atoms with Crippen LogP contribution in [0.2, 0.25) is 0 Å². The van der Waals surface area contributed by atoms with Crippen LogP contribution in [0.15, 0.2) is 11.6 Å². The summed E-state index contributed by atoms with van der Waals surface area (Å²) in [6.45, 7) is 11.8. The lowest BCUT2D eigenvalue weighted by Crippen LogP contribution is -2.62. The van der Waals surface area contributed by atoms with E-state index in [4.69, 9.17) is 4.74 Å². The maximum absolute atomic E-state index is 13.2. The molecule has 0 saturated heterocycles. The predicted molar refractivity (Wildman–Crippen MR) is 107 cm³/mol. The van der Waals surface area contributed by atoms with Crippen molar-refractivity contribution >= 4 is 5.97 Å². The molecule has 4 bridgehead atoms. The van der Waals surface area contributed by atoms with Gasteiger partial charge in [-0.1, -0.05) is 52.7 Å². The highest BCUT2D eigenvalue weighted by Gasteiger charge is 2.84. The van der Waals surface area contributed by atoms with Gasteiger partial charge in [0.2, 0.25) is 0 Å². The van der Waals surface area contributed by atoms with Gasteiger partial charge >= 0.3 is 5.97 Å². The van der Waals surface area contributed by atoms with Crippen molar-refractivity contribution in [3.05, 3.63) is 11.6 Å². The lowest BCUT2D eigenvalue weighted by molar-refractivity contribution is -0.179. The van der Waals surface area contributed by atoms with Crippen LogP contribution in [0.25, 0.3) is 0 Å². The summed E-state index contributed by atoms with van der Waals surface area (Å²) in [5.74, 6) is 1.12. The van der Waals surface area contributed by atoms with Crippen LogP contribution in [0.5, 0.6) is 0 Å². The molecular weight excluding hydrogens is 350 g/mol. The predicted octanol–water partition coefficient (Wildman–Crippen LogP) is 4.91. The maximum Gasteiger partial charge on any atom is 0.316 e. The Morgan fingerprint density at radius 2 is 2.04 bits per heavy atom. The average molecular weight is 386 g/mol. The van der Waals surface area contributed by atoms with Crippen LogP contribution in [-0.4, -0.2) is 24.3 Å². The number of ether oxygens (including phenoxy) is 1. The maximum atomic E-state index is 13.2. The second-order valence-electron chi connectivity index (χ2n) is 10.8.